The zero-order valence-electron chi connectivity index (χ0n) is 18.7. The van der Waals surface area contributed by atoms with Crippen LogP contribution in [0.1, 0.15) is 59.1 Å². The summed E-state index contributed by atoms with van der Waals surface area (Å²) < 4.78 is 11.2. The molecule has 1 amide bonds. The fourth-order valence-corrected chi connectivity index (χ4v) is 3.57. The van der Waals surface area contributed by atoms with Crippen LogP contribution < -0.4 is 5.73 Å². The van der Waals surface area contributed by atoms with Crippen molar-refractivity contribution in [1.29, 1.82) is 0 Å². The first-order valence-electron chi connectivity index (χ1n) is 10.4. The molecule has 0 spiro atoms. The number of ether oxygens (including phenoxy) is 2. The molecule has 29 heavy (non-hydrogen) atoms. The summed E-state index contributed by atoms with van der Waals surface area (Å²) in [4.78, 5) is 27.2. The summed E-state index contributed by atoms with van der Waals surface area (Å²) in [5.74, 6) is -0.514. The van der Waals surface area contributed by atoms with Gasteiger partial charge in [0.15, 0.2) is 0 Å². The molecule has 0 aliphatic carbocycles. The number of carbonyl (C=O) groups is 2. The molecular formula is C23H36N2O4. The van der Waals surface area contributed by atoms with Crippen molar-refractivity contribution in [2.75, 3.05) is 13.1 Å². The van der Waals surface area contributed by atoms with E-state index in [1.807, 2.05) is 65.8 Å². The maximum absolute atomic E-state index is 13.0. The molecule has 2 atom stereocenters. The number of nitrogens with zero attached hydrogens (tertiary/aromatic N) is 1. The van der Waals surface area contributed by atoms with Crippen LogP contribution in [0.3, 0.4) is 0 Å². The second kappa shape index (κ2) is 9.16. The van der Waals surface area contributed by atoms with E-state index in [4.69, 9.17) is 15.2 Å². The first-order chi connectivity index (χ1) is 13.4. The normalized spacial score (nSPS) is 18.4. The molecule has 1 aliphatic rings. The maximum atomic E-state index is 13.0. The Kier molecular flexibility index (Phi) is 7.33. The fourth-order valence-electron chi connectivity index (χ4n) is 3.57. The van der Waals surface area contributed by atoms with E-state index in [1.165, 1.54) is 0 Å². The summed E-state index contributed by atoms with van der Waals surface area (Å²) in [6, 6.07) is 7.99. The highest BCUT2D eigenvalue weighted by Gasteiger charge is 2.39. The van der Waals surface area contributed by atoms with Crippen LogP contribution in [0.2, 0.25) is 0 Å². The van der Waals surface area contributed by atoms with Gasteiger partial charge in [-0.3, -0.25) is 4.79 Å². The van der Waals surface area contributed by atoms with Gasteiger partial charge < -0.3 is 20.1 Å². The molecule has 6 nitrogen and oxygen atoms in total. The lowest BCUT2D eigenvalue weighted by Gasteiger charge is -2.28. The smallest absolute Gasteiger partial charge is 0.410 e. The van der Waals surface area contributed by atoms with E-state index in [2.05, 4.69) is 0 Å². The molecule has 0 saturated carbocycles. The van der Waals surface area contributed by atoms with Crippen LogP contribution in [0.15, 0.2) is 24.3 Å². The predicted octanol–water partition coefficient (Wildman–Crippen LogP) is 3.90. The maximum Gasteiger partial charge on any atom is 0.410 e. The second-order valence-electron chi connectivity index (χ2n) is 9.84. The molecule has 162 valence electrons. The number of esters is 1. The van der Waals surface area contributed by atoms with Gasteiger partial charge in [0.05, 0.1) is 5.92 Å². The number of hydrogen-bond acceptors (Lipinski definition) is 5. The molecule has 1 heterocycles. The minimum Gasteiger partial charge on any atom is -0.460 e. The number of amides is 1. The molecule has 1 saturated heterocycles. The van der Waals surface area contributed by atoms with Gasteiger partial charge in [0.2, 0.25) is 0 Å². The Labute approximate surface area is 174 Å². The highest BCUT2D eigenvalue weighted by Crippen LogP contribution is 2.30. The molecule has 0 aromatic heterocycles. The van der Waals surface area contributed by atoms with Gasteiger partial charge in [-0.15, -0.1) is 0 Å². The van der Waals surface area contributed by atoms with Crippen molar-refractivity contribution in [3.05, 3.63) is 35.4 Å². The van der Waals surface area contributed by atoms with E-state index >= 15 is 0 Å². The minimum absolute atomic E-state index is 0.0268. The van der Waals surface area contributed by atoms with E-state index in [0.717, 1.165) is 17.5 Å². The molecule has 6 heteroatoms. The van der Waals surface area contributed by atoms with Crippen LogP contribution in [0.4, 0.5) is 4.79 Å². The van der Waals surface area contributed by atoms with E-state index < -0.39 is 11.2 Å². The molecule has 2 rings (SSSR count). The Morgan fingerprint density at radius 2 is 1.72 bits per heavy atom. The second-order valence-corrected chi connectivity index (χ2v) is 9.84. The summed E-state index contributed by atoms with van der Waals surface area (Å²) in [6.45, 7) is 12.7. The van der Waals surface area contributed by atoms with E-state index in [-0.39, 0.29) is 23.9 Å². The lowest BCUT2D eigenvalue weighted by molar-refractivity contribution is -0.161. The van der Waals surface area contributed by atoms with Gasteiger partial charge in [-0.25, -0.2) is 4.79 Å². The SMILES string of the molecule is CC(C)(C)OC(=O)[C@@H](Cc1cccc(CN)c1)[C@H]1CCN(C(=O)OC(C)(C)C)C1. The van der Waals surface area contributed by atoms with E-state index in [0.29, 0.717) is 26.1 Å². The Morgan fingerprint density at radius 3 is 2.31 bits per heavy atom. The Balaban J connectivity index is 2.17. The van der Waals surface area contributed by atoms with Crippen LogP contribution in [-0.2, 0) is 27.2 Å². The third-order valence-corrected chi connectivity index (χ3v) is 4.84. The lowest BCUT2D eigenvalue weighted by Crippen LogP contribution is -2.38. The third-order valence-electron chi connectivity index (χ3n) is 4.84. The quantitative estimate of drug-likeness (QED) is 0.753. The first kappa shape index (κ1) is 23.2. The Bertz CT molecular complexity index is 718. The van der Waals surface area contributed by atoms with Gasteiger partial charge in [-0.2, -0.15) is 0 Å². The summed E-state index contributed by atoms with van der Waals surface area (Å²) in [5, 5.41) is 0. The number of nitrogens with two attached hydrogens (primary N) is 1. The van der Waals surface area contributed by atoms with Crippen LogP contribution in [-0.4, -0.2) is 41.3 Å². The number of rotatable bonds is 5. The molecular weight excluding hydrogens is 368 g/mol. The molecule has 0 unspecified atom stereocenters. The van der Waals surface area contributed by atoms with Gasteiger partial charge >= 0.3 is 12.1 Å². The molecule has 0 radical (unpaired) electrons. The summed E-state index contributed by atoms with van der Waals surface area (Å²) >= 11 is 0. The van der Waals surface area contributed by atoms with Crippen LogP contribution in [0, 0.1) is 11.8 Å². The van der Waals surface area contributed by atoms with Gasteiger partial charge in [-0.1, -0.05) is 24.3 Å². The van der Waals surface area contributed by atoms with Crippen LogP contribution in [0.5, 0.6) is 0 Å². The van der Waals surface area contributed by atoms with Crippen molar-refractivity contribution in [3.8, 4) is 0 Å². The Hall–Kier alpha value is -2.08. The van der Waals surface area contributed by atoms with Crippen LogP contribution in [0.25, 0.3) is 0 Å². The number of benzene rings is 1. The average Bonchev–Trinajstić information content (AvgIpc) is 3.06. The number of likely N-dealkylation sites (tertiary alicyclic amines) is 1. The summed E-state index contributed by atoms with van der Waals surface area (Å²) in [5.41, 5.74) is 6.76. The molecule has 1 aromatic rings. The predicted molar refractivity (Wildman–Crippen MR) is 113 cm³/mol. The monoisotopic (exact) mass is 404 g/mol. The van der Waals surface area contributed by atoms with Gasteiger partial charge in [0.1, 0.15) is 11.2 Å². The Morgan fingerprint density at radius 1 is 1.10 bits per heavy atom. The lowest BCUT2D eigenvalue weighted by atomic mass is 9.85. The van der Waals surface area contributed by atoms with Gasteiger partial charge in [-0.05, 0) is 71.4 Å². The first-order valence-corrected chi connectivity index (χ1v) is 10.4. The third kappa shape index (κ3) is 7.35. The van der Waals surface area contributed by atoms with E-state index in [1.54, 1.807) is 4.90 Å². The number of hydrogen-bond donors (Lipinski definition) is 1. The molecule has 1 fully saturated rings. The van der Waals surface area contributed by atoms with Gasteiger partial charge in [0.25, 0.3) is 0 Å². The van der Waals surface area contributed by atoms with Crippen molar-refractivity contribution in [3.63, 3.8) is 0 Å². The zero-order valence-corrected chi connectivity index (χ0v) is 18.7. The fraction of sp³-hybridized carbons (Fsp3) is 0.652. The average molecular weight is 405 g/mol. The standard InChI is InChI=1S/C23H36N2O4/c1-22(2,3)28-20(26)19(13-16-8-7-9-17(12-16)14-24)18-10-11-25(15-18)21(27)29-23(4,5)6/h7-9,12,18-19H,10-11,13-15,24H2,1-6H3/t18-,19-/m0/s1. The molecule has 1 aromatic carbocycles. The molecule has 2 N–H and O–H groups in total. The van der Waals surface area contributed by atoms with Crippen molar-refractivity contribution in [2.45, 2.75) is 72.1 Å². The molecule has 0 bridgehead atoms. The summed E-state index contributed by atoms with van der Waals surface area (Å²) in [6.07, 6.45) is 0.989. The van der Waals surface area contributed by atoms with Crippen molar-refractivity contribution < 1.29 is 19.1 Å². The highest BCUT2D eigenvalue weighted by atomic mass is 16.6. The van der Waals surface area contributed by atoms with Crippen molar-refractivity contribution in [2.24, 2.45) is 17.6 Å². The molecule has 1 aliphatic heterocycles. The van der Waals surface area contributed by atoms with E-state index in [9.17, 15) is 9.59 Å². The summed E-state index contributed by atoms with van der Waals surface area (Å²) in [7, 11) is 0. The minimum atomic E-state index is -0.558. The zero-order chi connectivity index (χ0) is 21.8. The topological polar surface area (TPSA) is 81.9 Å². The van der Waals surface area contributed by atoms with Crippen molar-refractivity contribution >= 4 is 12.1 Å². The van der Waals surface area contributed by atoms with Crippen molar-refractivity contribution in [1.82, 2.24) is 4.90 Å². The van der Waals surface area contributed by atoms with Crippen LogP contribution >= 0.6 is 0 Å². The highest BCUT2D eigenvalue weighted by molar-refractivity contribution is 5.74. The number of carbonyl (C=O) groups excluding carboxylic acids is 2. The van der Waals surface area contributed by atoms with Gasteiger partial charge in [0, 0.05) is 19.6 Å². The largest absolute Gasteiger partial charge is 0.460 e.